The molecule has 2 unspecified atom stereocenters. The van der Waals surface area contributed by atoms with Crippen molar-refractivity contribution < 1.29 is 4.79 Å². The Labute approximate surface area is 73.7 Å². The van der Waals surface area contributed by atoms with Crippen LogP contribution in [0.3, 0.4) is 0 Å². The number of carbonyl (C=O) groups excluding carboxylic acids is 1. The zero-order valence-corrected chi connectivity index (χ0v) is 7.63. The molecule has 0 aliphatic carbocycles. The zero-order chi connectivity index (χ0) is 9.56. The second-order valence-corrected chi connectivity index (χ2v) is 2.83. The first kappa shape index (κ1) is 11.0. The monoisotopic (exact) mass is 168 g/mol. The van der Waals surface area contributed by atoms with Gasteiger partial charge in [0.15, 0.2) is 0 Å². The maximum Gasteiger partial charge on any atom is 0.237 e. The summed E-state index contributed by atoms with van der Waals surface area (Å²) in [5, 5.41) is 2.73. The second kappa shape index (κ2) is 5.62. The van der Waals surface area contributed by atoms with Crippen LogP contribution in [0.4, 0.5) is 0 Å². The van der Waals surface area contributed by atoms with E-state index >= 15 is 0 Å². The quantitative estimate of drug-likeness (QED) is 0.591. The summed E-state index contributed by atoms with van der Waals surface area (Å²) in [5.74, 6) is 2.35. The van der Waals surface area contributed by atoms with Crippen LogP contribution in [0.25, 0.3) is 0 Å². The standard InChI is InChI=1S/C9H16N2O/c1-4-6-7(3)11-9(12)8(10)5-2/h1,7-8H,5-6,10H2,2-3H3,(H,11,12). The van der Waals surface area contributed by atoms with Crippen molar-refractivity contribution in [1.82, 2.24) is 5.32 Å². The summed E-state index contributed by atoms with van der Waals surface area (Å²) in [4.78, 5) is 11.2. The topological polar surface area (TPSA) is 55.1 Å². The molecule has 12 heavy (non-hydrogen) atoms. The van der Waals surface area contributed by atoms with Gasteiger partial charge in [-0.25, -0.2) is 0 Å². The molecular weight excluding hydrogens is 152 g/mol. The van der Waals surface area contributed by atoms with Gasteiger partial charge in [0, 0.05) is 12.5 Å². The van der Waals surface area contributed by atoms with Gasteiger partial charge in [-0.2, -0.15) is 0 Å². The molecule has 3 nitrogen and oxygen atoms in total. The molecule has 1 amide bonds. The lowest BCUT2D eigenvalue weighted by Crippen LogP contribution is -2.43. The Kier molecular flexibility index (Phi) is 5.14. The van der Waals surface area contributed by atoms with Gasteiger partial charge in [0.25, 0.3) is 0 Å². The largest absolute Gasteiger partial charge is 0.351 e. The molecule has 68 valence electrons. The first-order chi connectivity index (χ1) is 5.61. The van der Waals surface area contributed by atoms with Crippen LogP contribution >= 0.6 is 0 Å². The Balaban J connectivity index is 3.77. The highest BCUT2D eigenvalue weighted by Gasteiger charge is 2.12. The summed E-state index contributed by atoms with van der Waals surface area (Å²) in [5.41, 5.74) is 5.50. The van der Waals surface area contributed by atoms with Crippen molar-refractivity contribution in [3.63, 3.8) is 0 Å². The van der Waals surface area contributed by atoms with E-state index in [4.69, 9.17) is 12.2 Å². The van der Waals surface area contributed by atoms with E-state index in [9.17, 15) is 4.79 Å². The smallest absolute Gasteiger partial charge is 0.237 e. The van der Waals surface area contributed by atoms with Crippen molar-refractivity contribution in [2.75, 3.05) is 0 Å². The number of carbonyl (C=O) groups is 1. The predicted octanol–water partition coefficient (Wildman–Crippen LogP) is 0.252. The summed E-state index contributed by atoms with van der Waals surface area (Å²) in [7, 11) is 0. The van der Waals surface area contributed by atoms with Gasteiger partial charge in [0.05, 0.1) is 6.04 Å². The van der Waals surface area contributed by atoms with Crippen molar-refractivity contribution in [2.45, 2.75) is 38.8 Å². The van der Waals surface area contributed by atoms with Crippen LogP contribution in [-0.2, 0) is 4.79 Å². The van der Waals surface area contributed by atoms with Gasteiger partial charge < -0.3 is 11.1 Å². The molecule has 0 spiro atoms. The zero-order valence-electron chi connectivity index (χ0n) is 7.63. The molecule has 0 aromatic rings. The van der Waals surface area contributed by atoms with E-state index in [0.717, 1.165) is 0 Å². The third-order valence-electron chi connectivity index (χ3n) is 1.59. The van der Waals surface area contributed by atoms with Gasteiger partial charge in [-0.1, -0.05) is 6.92 Å². The molecule has 0 bridgehead atoms. The average molecular weight is 168 g/mol. The summed E-state index contributed by atoms with van der Waals surface area (Å²) in [6, 6.07) is -0.398. The molecule has 3 heteroatoms. The summed E-state index contributed by atoms with van der Waals surface area (Å²) < 4.78 is 0. The van der Waals surface area contributed by atoms with Crippen LogP contribution in [0.1, 0.15) is 26.7 Å². The lowest BCUT2D eigenvalue weighted by atomic mass is 10.2. The Morgan fingerprint density at radius 3 is 2.75 bits per heavy atom. The number of hydrogen-bond acceptors (Lipinski definition) is 2. The molecule has 0 saturated heterocycles. The highest BCUT2D eigenvalue weighted by Crippen LogP contribution is 1.91. The van der Waals surface area contributed by atoms with Crippen molar-refractivity contribution >= 4 is 5.91 Å². The Hall–Kier alpha value is -1.01. The highest BCUT2D eigenvalue weighted by molar-refractivity contribution is 5.81. The first-order valence-corrected chi connectivity index (χ1v) is 4.11. The maximum absolute atomic E-state index is 11.2. The minimum Gasteiger partial charge on any atom is -0.351 e. The molecule has 0 heterocycles. The molecular formula is C9H16N2O. The van der Waals surface area contributed by atoms with Gasteiger partial charge in [0.2, 0.25) is 5.91 Å². The molecule has 0 aromatic carbocycles. The van der Waals surface area contributed by atoms with Crippen LogP contribution in [0.5, 0.6) is 0 Å². The number of amides is 1. The van der Waals surface area contributed by atoms with Crippen molar-refractivity contribution in [3.8, 4) is 12.3 Å². The van der Waals surface area contributed by atoms with Crippen LogP contribution in [0, 0.1) is 12.3 Å². The van der Waals surface area contributed by atoms with E-state index in [-0.39, 0.29) is 11.9 Å². The Morgan fingerprint density at radius 2 is 2.33 bits per heavy atom. The van der Waals surface area contributed by atoms with Gasteiger partial charge in [-0.15, -0.1) is 12.3 Å². The minimum absolute atomic E-state index is 0.0140. The van der Waals surface area contributed by atoms with E-state index < -0.39 is 6.04 Å². The highest BCUT2D eigenvalue weighted by atomic mass is 16.2. The van der Waals surface area contributed by atoms with E-state index in [0.29, 0.717) is 12.8 Å². The summed E-state index contributed by atoms with van der Waals surface area (Å²) >= 11 is 0. The van der Waals surface area contributed by atoms with Gasteiger partial charge in [-0.3, -0.25) is 4.79 Å². The molecule has 0 rings (SSSR count). The van der Waals surface area contributed by atoms with E-state index in [1.807, 2.05) is 13.8 Å². The summed E-state index contributed by atoms with van der Waals surface area (Å²) in [6.07, 6.45) is 6.27. The van der Waals surface area contributed by atoms with Crippen LogP contribution in [0.15, 0.2) is 0 Å². The predicted molar refractivity (Wildman–Crippen MR) is 49.3 cm³/mol. The number of nitrogens with one attached hydrogen (secondary N) is 1. The van der Waals surface area contributed by atoms with Crippen molar-refractivity contribution in [3.05, 3.63) is 0 Å². The third-order valence-corrected chi connectivity index (χ3v) is 1.59. The SMILES string of the molecule is C#CCC(C)NC(=O)C(N)CC. The van der Waals surface area contributed by atoms with Crippen LogP contribution < -0.4 is 11.1 Å². The lowest BCUT2D eigenvalue weighted by Gasteiger charge is -2.14. The van der Waals surface area contributed by atoms with Gasteiger partial charge in [0.1, 0.15) is 0 Å². The fraction of sp³-hybridized carbons (Fsp3) is 0.667. The van der Waals surface area contributed by atoms with E-state index in [1.54, 1.807) is 0 Å². The van der Waals surface area contributed by atoms with Crippen LogP contribution in [-0.4, -0.2) is 18.0 Å². The molecule has 3 N–H and O–H groups in total. The van der Waals surface area contributed by atoms with Gasteiger partial charge >= 0.3 is 0 Å². The number of rotatable bonds is 4. The lowest BCUT2D eigenvalue weighted by molar-refractivity contribution is -0.122. The van der Waals surface area contributed by atoms with Crippen LogP contribution in [0.2, 0.25) is 0 Å². The Bertz CT molecular complexity index is 183. The molecule has 0 aromatic heterocycles. The molecule has 0 aliphatic heterocycles. The van der Waals surface area contributed by atoms with Crippen molar-refractivity contribution in [2.24, 2.45) is 5.73 Å². The number of terminal acetylenes is 1. The number of nitrogens with two attached hydrogens (primary N) is 1. The normalized spacial score (nSPS) is 14.5. The fourth-order valence-electron chi connectivity index (χ4n) is 0.763. The average Bonchev–Trinajstić information content (AvgIpc) is 2.03. The summed E-state index contributed by atoms with van der Waals surface area (Å²) in [6.45, 7) is 3.73. The van der Waals surface area contributed by atoms with Crippen molar-refractivity contribution in [1.29, 1.82) is 0 Å². The van der Waals surface area contributed by atoms with Gasteiger partial charge in [-0.05, 0) is 13.3 Å². The maximum atomic E-state index is 11.2. The molecule has 2 atom stereocenters. The Morgan fingerprint density at radius 1 is 1.75 bits per heavy atom. The fourth-order valence-corrected chi connectivity index (χ4v) is 0.763. The first-order valence-electron chi connectivity index (χ1n) is 4.11. The third kappa shape index (κ3) is 3.99. The number of hydrogen-bond donors (Lipinski definition) is 2. The van der Waals surface area contributed by atoms with E-state index in [1.165, 1.54) is 0 Å². The molecule has 0 radical (unpaired) electrons. The molecule has 0 fully saturated rings. The molecule has 0 aliphatic rings. The minimum atomic E-state index is -0.412. The second-order valence-electron chi connectivity index (χ2n) is 2.83. The molecule has 0 saturated carbocycles. The van der Waals surface area contributed by atoms with E-state index in [2.05, 4.69) is 11.2 Å².